The second kappa shape index (κ2) is 7.77. The minimum atomic E-state index is -3.40. The molecule has 0 atom stereocenters. The third kappa shape index (κ3) is 5.04. The third-order valence-electron chi connectivity index (χ3n) is 2.64. The zero-order chi connectivity index (χ0) is 14.3. The topological polar surface area (TPSA) is 72.2 Å². The Morgan fingerprint density at radius 1 is 1.26 bits per heavy atom. The minimum Gasteiger partial charge on any atom is -0.398 e. The first-order valence-corrected chi connectivity index (χ1v) is 9.00. The molecule has 3 N–H and O–H groups in total. The molecule has 0 spiro atoms. The first-order valence-electron chi connectivity index (χ1n) is 6.53. The lowest BCUT2D eigenvalue weighted by Gasteiger charge is -2.09. The lowest BCUT2D eigenvalue weighted by Crippen LogP contribution is -2.23. The number of unbranched alkanes of at least 4 members (excludes halogenated alkanes) is 2. The Morgan fingerprint density at radius 3 is 2.63 bits per heavy atom. The molecule has 0 unspecified atom stereocenters. The second-order valence-corrected chi connectivity index (χ2v) is 7.16. The average molecular weight is 302 g/mol. The van der Waals surface area contributed by atoms with Gasteiger partial charge in [0.15, 0.2) is 0 Å². The number of nitrogens with two attached hydrogens (primary N) is 1. The highest BCUT2D eigenvalue weighted by Gasteiger charge is 2.14. The summed E-state index contributed by atoms with van der Waals surface area (Å²) < 4.78 is 26.3. The molecule has 0 radical (unpaired) electrons. The summed E-state index contributed by atoms with van der Waals surface area (Å²) in [5.41, 5.74) is 6.52. The van der Waals surface area contributed by atoms with Crippen LogP contribution in [0.5, 0.6) is 0 Å². The van der Waals surface area contributed by atoms with Gasteiger partial charge in [-0.1, -0.05) is 26.7 Å². The predicted octanol–water partition coefficient (Wildman–Crippen LogP) is 2.85. The van der Waals surface area contributed by atoms with Gasteiger partial charge in [-0.25, -0.2) is 13.1 Å². The van der Waals surface area contributed by atoms with E-state index < -0.39 is 10.0 Å². The van der Waals surface area contributed by atoms with Crippen molar-refractivity contribution in [3.63, 3.8) is 0 Å². The van der Waals surface area contributed by atoms with E-state index >= 15 is 0 Å². The van der Waals surface area contributed by atoms with E-state index in [4.69, 9.17) is 5.73 Å². The van der Waals surface area contributed by atoms with Crippen LogP contribution in [0.25, 0.3) is 0 Å². The molecule has 0 aliphatic heterocycles. The first kappa shape index (κ1) is 16.3. The lowest BCUT2D eigenvalue weighted by atomic mass is 10.3. The van der Waals surface area contributed by atoms with Crippen LogP contribution in [0.15, 0.2) is 28.0 Å². The Bertz CT molecular complexity index is 501. The normalized spacial score (nSPS) is 11.7. The summed E-state index contributed by atoms with van der Waals surface area (Å²) in [5.74, 6) is 0.961. The molecule has 0 bridgehead atoms. The Labute approximate surface area is 120 Å². The van der Waals surface area contributed by atoms with Gasteiger partial charge < -0.3 is 5.73 Å². The maximum absolute atomic E-state index is 11.9. The van der Waals surface area contributed by atoms with Gasteiger partial charge in [0.1, 0.15) is 0 Å². The van der Waals surface area contributed by atoms with E-state index in [0.717, 1.165) is 17.1 Å². The van der Waals surface area contributed by atoms with E-state index in [0.29, 0.717) is 12.2 Å². The Kier molecular flexibility index (Phi) is 6.68. The van der Waals surface area contributed by atoms with Crippen molar-refractivity contribution in [1.29, 1.82) is 0 Å². The molecule has 0 aliphatic rings. The summed E-state index contributed by atoms with van der Waals surface area (Å²) in [7, 11) is -3.40. The van der Waals surface area contributed by atoms with Crippen LogP contribution in [0.1, 0.15) is 33.1 Å². The van der Waals surface area contributed by atoms with Crippen LogP contribution in [-0.2, 0) is 10.0 Å². The number of hydrogen-bond donors (Lipinski definition) is 2. The molecular formula is C13H22N2O2S2. The van der Waals surface area contributed by atoms with Crippen molar-refractivity contribution in [2.24, 2.45) is 0 Å². The summed E-state index contributed by atoms with van der Waals surface area (Å²) in [6.07, 6.45) is 3.47. The van der Waals surface area contributed by atoms with E-state index in [1.165, 1.54) is 12.8 Å². The van der Waals surface area contributed by atoms with E-state index in [1.807, 2.05) is 0 Å². The summed E-state index contributed by atoms with van der Waals surface area (Å²) in [5, 5.41) is 0. The molecule has 0 fully saturated rings. The van der Waals surface area contributed by atoms with Crippen molar-refractivity contribution in [2.45, 2.75) is 42.9 Å². The Morgan fingerprint density at radius 2 is 2.00 bits per heavy atom. The number of nitrogen functional groups attached to an aromatic ring is 1. The van der Waals surface area contributed by atoms with Crippen LogP contribution >= 0.6 is 11.8 Å². The van der Waals surface area contributed by atoms with Crippen LogP contribution in [-0.4, -0.2) is 20.7 Å². The highest BCUT2D eigenvalue weighted by Crippen LogP contribution is 2.28. The molecule has 0 saturated carbocycles. The van der Waals surface area contributed by atoms with Crippen molar-refractivity contribution >= 4 is 27.5 Å². The molecule has 0 aromatic heterocycles. The highest BCUT2D eigenvalue weighted by atomic mass is 32.2. The highest BCUT2D eigenvalue weighted by molar-refractivity contribution is 7.99. The van der Waals surface area contributed by atoms with E-state index in [-0.39, 0.29) is 4.90 Å². The van der Waals surface area contributed by atoms with Crippen molar-refractivity contribution in [3.05, 3.63) is 18.2 Å². The lowest BCUT2D eigenvalue weighted by molar-refractivity contribution is 0.583. The number of benzene rings is 1. The molecule has 0 aliphatic carbocycles. The predicted molar refractivity (Wildman–Crippen MR) is 82.0 cm³/mol. The third-order valence-corrected chi connectivity index (χ3v) is 5.34. The SMILES string of the molecule is CCCCCSc1cc(S(=O)(=O)NCC)ccc1N. The van der Waals surface area contributed by atoms with Gasteiger partial charge in [-0.15, -0.1) is 11.8 Å². The molecule has 108 valence electrons. The standard InChI is InChI=1S/C13H22N2O2S2/c1-3-5-6-9-18-13-10-11(7-8-12(13)14)19(16,17)15-4-2/h7-8,10,15H,3-6,9,14H2,1-2H3. The van der Waals surface area contributed by atoms with Crippen molar-refractivity contribution in [3.8, 4) is 0 Å². The van der Waals surface area contributed by atoms with Crippen LogP contribution in [0.4, 0.5) is 5.69 Å². The van der Waals surface area contributed by atoms with Crippen LogP contribution in [0.3, 0.4) is 0 Å². The summed E-state index contributed by atoms with van der Waals surface area (Å²) in [6.45, 7) is 4.30. The van der Waals surface area contributed by atoms with Gasteiger partial charge in [0.05, 0.1) is 4.90 Å². The van der Waals surface area contributed by atoms with E-state index in [2.05, 4.69) is 11.6 Å². The summed E-state index contributed by atoms with van der Waals surface area (Å²) >= 11 is 1.62. The first-order chi connectivity index (χ1) is 9.01. The zero-order valence-corrected chi connectivity index (χ0v) is 13.1. The van der Waals surface area contributed by atoms with Crippen LogP contribution in [0, 0.1) is 0 Å². The average Bonchev–Trinajstić information content (AvgIpc) is 2.36. The fourth-order valence-electron chi connectivity index (χ4n) is 1.61. The molecule has 0 saturated heterocycles. The number of nitrogens with one attached hydrogen (secondary N) is 1. The molecule has 0 amide bonds. The molecule has 19 heavy (non-hydrogen) atoms. The Balaban J connectivity index is 2.82. The molecule has 6 heteroatoms. The van der Waals surface area contributed by atoms with E-state index in [9.17, 15) is 8.42 Å². The largest absolute Gasteiger partial charge is 0.398 e. The van der Waals surface area contributed by atoms with Crippen molar-refractivity contribution in [2.75, 3.05) is 18.0 Å². The van der Waals surface area contributed by atoms with Gasteiger partial charge in [-0.3, -0.25) is 0 Å². The van der Waals surface area contributed by atoms with Crippen molar-refractivity contribution < 1.29 is 8.42 Å². The fraction of sp³-hybridized carbons (Fsp3) is 0.538. The van der Waals surface area contributed by atoms with Crippen molar-refractivity contribution in [1.82, 2.24) is 4.72 Å². The van der Waals surface area contributed by atoms with Gasteiger partial charge in [0.25, 0.3) is 0 Å². The molecular weight excluding hydrogens is 280 g/mol. The van der Waals surface area contributed by atoms with Gasteiger partial charge in [-0.05, 0) is 30.4 Å². The number of rotatable bonds is 8. The van der Waals surface area contributed by atoms with Crippen LogP contribution < -0.4 is 10.5 Å². The molecule has 1 rings (SSSR count). The molecule has 1 aromatic carbocycles. The van der Waals surface area contributed by atoms with Crippen LogP contribution in [0.2, 0.25) is 0 Å². The smallest absolute Gasteiger partial charge is 0.240 e. The van der Waals surface area contributed by atoms with Gasteiger partial charge in [0.2, 0.25) is 10.0 Å². The quantitative estimate of drug-likeness (QED) is 0.440. The molecule has 1 aromatic rings. The van der Waals surface area contributed by atoms with E-state index in [1.54, 1.807) is 36.9 Å². The Hall–Kier alpha value is -0.720. The fourth-order valence-corrected chi connectivity index (χ4v) is 3.77. The number of sulfonamides is 1. The second-order valence-electron chi connectivity index (χ2n) is 4.26. The van der Waals surface area contributed by atoms with Gasteiger partial charge in [0, 0.05) is 17.1 Å². The maximum Gasteiger partial charge on any atom is 0.240 e. The number of anilines is 1. The number of thioether (sulfide) groups is 1. The summed E-state index contributed by atoms with van der Waals surface area (Å²) in [6, 6.07) is 4.86. The molecule has 0 heterocycles. The molecule has 4 nitrogen and oxygen atoms in total. The maximum atomic E-state index is 11.9. The monoisotopic (exact) mass is 302 g/mol. The summed E-state index contributed by atoms with van der Waals surface area (Å²) in [4.78, 5) is 1.12. The van der Waals surface area contributed by atoms with Gasteiger partial charge in [-0.2, -0.15) is 0 Å². The zero-order valence-electron chi connectivity index (χ0n) is 11.5. The van der Waals surface area contributed by atoms with Gasteiger partial charge >= 0.3 is 0 Å². The minimum absolute atomic E-state index is 0.279. The number of hydrogen-bond acceptors (Lipinski definition) is 4.